The van der Waals surface area contributed by atoms with E-state index in [2.05, 4.69) is 5.32 Å². The van der Waals surface area contributed by atoms with Gasteiger partial charge in [-0.1, -0.05) is 73.2 Å². The Bertz CT molecular complexity index is 1380. The lowest BCUT2D eigenvalue weighted by atomic mass is 10.0. The van der Waals surface area contributed by atoms with Crippen molar-refractivity contribution in [1.82, 2.24) is 10.2 Å². The second-order valence-corrected chi connectivity index (χ2v) is 11.7. The molecule has 7 nitrogen and oxygen atoms in total. The van der Waals surface area contributed by atoms with Gasteiger partial charge in [0.05, 0.1) is 11.9 Å². The monoisotopic (exact) mass is 553 g/mol. The maximum atomic E-state index is 14.0. The molecule has 3 aromatic rings. The first-order chi connectivity index (χ1) is 18.5. The largest absolute Gasteiger partial charge is 0.352 e. The van der Waals surface area contributed by atoms with Gasteiger partial charge in [-0.3, -0.25) is 13.9 Å². The van der Waals surface area contributed by atoms with Crippen LogP contribution < -0.4 is 9.62 Å². The number of aryl methyl sites for hydroxylation is 1. The van der Waals surface area contributed by atoms with Crippen LogP contribution in [0, 0.1) is 12.7 Å². The maximum Gasteiger partial charge on any atom is 0.244 e. The summed E-state index contributed by atoms with van der Waals surface area (Å²) < 4.78 is 40.3. The number of anilines is 1. The van der Waals surface area contributed by atoms with Crippen molar-refractivity contribution in [3.63, 3.8) is 0 Å². The SMILES string of the molecule is CCC(C)NC(=O)C(Cc1ccccc1)N(Cc1cccc(C)c1)C(=O)CN(c1cccc(F)c1)S(C)(=O)=O. The molecule has 1 N–H and O–H groups in total. The van der Waals surface area contributed by atoms with Crippen LogP contribution in [0.15, 0.2) is 78.9 Å². The minimum atomic E-state index is -3.95. The molecule has 9 heteroatoms. The number of benzene rings is 3. The highest BCUT2D eigenvalue weighted by atomic mass is 32.2. The van der Waals surface area contributed by atoms with E-state index >= 15 is 0 Å². The van der Waals surface area contributed by atoms with Crippen molar-refractivity contribution in [2.24, 2.45) is 0 Å². The number of amides is 2. The molecule has 0 aliphatic carbocycles. The summed E-state index contributed by atoms with van der Waals surface area (Å²) >= 11 is 0. The zero-order chi connectivity index (χ0) is 28.6. The molecule has 0 aromatic heterocycles. The van der Waals surface area contributed by atoms with Crippen LogP contribution in [-0.2, 0) is 32.6 Å². The van der Waals surface area contributed by atoms with E-state index in [-0.39, 0.29) is 30.6 Å². The van der Waals surface area contributed by atoms with Crippen molar-refractivity contribution in [2.75, 3.05) is 17.1 Å². The minimum Gasteiger partial charge on any atom is -0.352 e. The minimum absolute atomic E-state index is 0.0324. The lowest BCUT2D eigenvalue weighted by Crippen LogP contribution is -2.54. The molecule has 0 fully saturated rings. The second kappa shape index (κ2) is 13.4. The molecule has 0 radical (unpaired) electrons. The quantitative estimate of drug-likeness (QED) is 0.359. The summed E-state index contributed by atoms with van der Waals surface area (Å²) in [6.07, 6.45) is 1.91. The van der Waals surface area contributed by atoms with Crippen LogP contribution in [0.25, 0.3) is 0 Å². The van der Waals surface area contributed by atoms with Gasteiger partial charge >= 0.3 is 0 Å². The van der Waals surface area contributed by atoms with E-state index in [1.807, 2.05) is 75.4 Å². The Morgan fingerprint density at radius 3 is 2.23 bits per heavy atom. The van der Waals surface area contributed by atoms with Crippen molar-refractivity contribution < 1.29 is 22.4 Å². The van der Waals surface area contributed by atoms with Gasteiger partial charge in [-0.05, 0) is 49.6 Å². The van der Waals surface area contributed by atoms with Crippen molar-refractivity contribution in [2.45, 2.75) is 52.2 Å². The normalized spacial score (nSPS) is 12.8. The molecular formula is C30H36FN3O4S. The van der Waals surface area contributed by atoms with Gasteiger partial charge in [0, 0.05) is 19.0 Å². The van der Waals surface area contributed by atoms with Gasteiger partial charge < -0.3 is 10.2 Å². The Balaban J connectivity index is 2.06. The fraction of sp³-hybridized carbons (Fsp3) is 0.333. The third kappa shape index (κ3) is 8.64. The third-order valence-electron chi connectivity index (χ3n) is 6.48. The molecule has 3 rings (SSSR count). The van der Waals surface area contributed by atoms with E-state index < -0.39 is 34.3 Å². The molecule has 3 aromatic carbocycles. The lowest BCUT2D eigenvalue weighted by molar-refractivity contribution is -0.140. The number of sulfonamides is 1. The molecule has 2 amide bonds. The predicted molar refractivity (Wildman–Crippen MR) is 152 cm³/mol. The molecular weight excluding hydrogens is 517 g/mol. The lowest BCUT2D eigenvalue weighted by Gasteiger charge is -2.34. The molecule has 2 atom stereocenters. The summed E-state index contributed by atoms with van der Waals surface area (Å²) in [6.45, 7) is 5.28. The number of hydrogen-bond donors (Lipinski definition) is 1. The van der Waals surface area contributed by atoms with Gasteiger partial charge in [0.15, 0.2) is 0 Å². The average molecular weight is 554 g/mol. The molecule has 0 spiro atoms. The molecule has 2 unspecified atom stereocenters. The highest BCUT2D eigenvalue weighted by Crippen LogP contribution is 2.21. The summed E-state index contributed by atoms with van der Waals surface area (Å²) in [5, 5.41) is 2.99. The first-order valence-electron chi connectivity index (χ1n) is 12.9. The standard InChI is InChI=1S/C30H36FN3O4S/c1-5-23(3)32-30(36)28(18-24-12-7-6-8-13-24)33(20-25-14-9-11-22(2)17-25)29(35)21-34(39(4,37)38)27-16-10-15-26(31)19-27/h6-17,19,23,28H,5,18,20-21H2,1-4H3,(H,32,36). The first kappa shape index (κ1) is 29.8. The van der Waals surface area contributed by atoms with E-state index in [0.717, 1.165) is 33.3 Å². The van der Waals surface area contributed by atoms with Gasteiger partial charge in [0.1, 0.15) is 18.4 Å². The Hall–Kier alpha value is -3.72. The predicted octanol–water partition coefficient (Wildman–Crippen LogP) is 4.45. The van der Waals surface area contributed by atoms with Gasteiger partial charge in [0.2, 0.25) is 21.8 Å². The molecule has 0 aliphatic rings. The summed E-state index contributed by atoms with van der Waals surface area (Å²) in [7, 11) is -3.95. The smallest absolute Gasteiger partial charge is 0.244 e. The molecule has 0 saturated heterocycles. The molecule has 0 bridgehead atoms. The zero-order valence-corrected chi connectivity index (χ0v) is 23.6. The number of halogens is 1. The van der Waals surface area contributed by atoms with Crippen LogP contribution >= 0.6 is 0 Å². The van der Waals surface area contributed by atoms with Crippen molar-refractivity contribution >= 4 is 27.5 Å². The van der Waals surface area contributed by atoms with Gasteiger partial charge in [-0.2, -0.15) is 0 Å². The molecule has 0 heterocycles. The van der Waals surface area contributed by atoms with Gasteiger partial charge in [-0.25, -0.2) is 12.8 Å². The Morgan fingerprint density at radius 1 is 0.949 bits per heavy atom. The van der Waals surface area contributed by atoms with E-state index in [1.54, 1.807) is 0 Å². The summed E-state index contributed by atoms with van der Waals surface area (Å²) in [5.74, 6) is -1.53. The van der Waals surface area contributed by atoms with E-state index in [0.29, 0.717) is 6.42 Å². The molecule has 0 saturated carbocycles. The summed E-state index contributed by atoms with van der Waals surface area (Å²) in [5.41, 5.74) is 2.68. The van der Waals surface area contributed by atoms with Crippen LogP contribution in [0.3, 0.4) is 0 Å². The maximum absolute atomic E-state index is 14.0. The van der Waals surface area contributed by atoms with E-state index in [1.165, 1.54) is 23.1 Å². The highest BCUT2D eigenvalue weighted by Gasteiger charge is 2.33. The highest BCUT2D eigenvalue weighted by molar-refractivity contribution is 7.92. The molecule has 39 heavy (non-hydrogen) atoms. The fourth-order valence-corrected chi connectivity index (χ4v) is 5.09. The number of hydrogen-bond acceptors (Lipinski definition) is 4. The summed E-state index contributed by atoms with van der Waals surface area (Å²) in [4.78, 5) is 29.0. The molecule has 208 valence electrons. The average Bonchev–Trinajstić information content (AvgIpc) is 2.89. The number of carbonyl (C=O) groups excluding carboxylic acids is 2. The van der Waals surface area contributed by atoms with Crippen molar-refractivity contribution in [1.29, 1.82) is 0 Å². The van der Waals surface area contributed by atoms with E-state index in [4.69, 9.17) is 0 Å². The summed E-state index contributed by atoms with van der Waals surface area (Å²) in [6, 6.07) is 21.0. The number of rotatable bonds is 12. The van der Waals surface area contributed by atoms with Crippen molar-refractivity contribution in [3.05, 3.63) is 101 Å². The third-order valence-corrected chi connectivity index (χ3v) is 7.62. The Labute approximate surface area is 230 Å². The van der Waals surface area contributed by atoms with Crippen molar-refractivity contribution in [3.8, 4) is 0 Å². The number of nitrogens with zero attached hydrogens (tertiary/aromatic N) is 2. The van der Waals surface area contributed by atoms with Crippen LogP contribution in [0.5, 0.6) is 0 Å². The zero-order valence-electron chi connectivity index (χ0n) is 22.8. The van der Waals surface area contributed by atoms with Gasteiger partial charge in [-0.15, -0.1) is 0 Å². The van der Waals surface area contributed by atoms with Crippen LogP contribution in [-0.4, -0.2) is 50.0 Å². The number of carbonyl (C=O) groups is 2. The molecule has 0 aliphatic heterocycles. The van der Waals surface area contributed by atoms with Crippen LogP contribution in [0.2, 0.25) is 0 Å². The van der Waals surface area contributed by atoms with Crippen LogP contribution in [0.1, 0.15) is 37.0 Å². The topological polar surface area (TPSA) is 86.8 Å². The second-order valence-electron chi connectivity index (χ2n) is 9.78. The fourth-order valence-electron chi connectivity index (χ4n) is 4.25. The van der Waals surface area contributed by atoms with Gasteiger partial charge in [0.25, 0.3) is 0 Å². The van der Waals surface area contributed by atoms with E-state index in [9.17, 15) is 22.4 Å². The first-order valence-corrected chi connectivity index (χ1v) is 14.7. The Morgan fingerprint density at radius 2 is 1.62 bits per heavy atom. The number of nitrogens with one attached hydrogen (secondary N) is 1. The Kier molecular flexibility index (Phi) is 10.2. The van der Waals surface area contributed by atoms with Crippen LogP contribution in [0.4, 0.5) is 10.1 Å².